The van der Waals surface area contributed by atoms with E-state index in [1.165, 1.54) is 5.56 Å². The van der Waals surface area contributed by atoms with Crippen molar-refractivity contribution in [1.82, 2.24) is 5.01 Å². The minimum absolute atomic E-state index is 0.348. The number of hydrogen-bond acceptors (Lipinski definition) is 3. The Bertz CT molecular complexity index is 716. The van der Waals surface area contributed by atoms with E-state index in [4.69, 9.17) is 0 Å². The maximum atomic E-state index is 12.2. The summed E-state index contributed by atoms with van der Waals surface area (Å²) < 4.78 is 0. The summed E-state index contributed by atoms with van der Waals surface area (Å²) in [5.41, 5.74) is 2.82. The molecule has 2 aromatic rings. The van der Waals surface area contributed by atoms with Gasteiger partial charge in [-0.15, -0.1) is 0 Å². The summed E-state index contributed by atoms with van der Waals surface area (Å²) in [6.45, 7) is 1.84. The molecule has 3 rings (SSSR count). The SMILES string of the molecule is C/C(CCc1ccccc1)=N\N1C(=O)c2ccccc2C1=O. The van der Waals surface area contributed by atoms with Crippen LogP contribution in [0.3, 0.4) is 0 Å². The average molecular weight is 292 g/mol. The van der Waals surface area contributed by atoms with Crippen molar-refractivity contribution in [3.8, 4) is 0 Å². The number of nitrogens with zero attached hydrogens (tertiary/aromatic N) is 2. The summed E-state index contributed by atoms with van der Waals surface area (Å²) in [6.07, 6.45) is 1.54. The molecule has 0 fully saturated rings. The summed E-state index contributed by atoms with van der Waals surface area (Å²) in [4.78, 5) is 24.4. The molecule has 110 valence electrons. The fourth-order valence-electron chi connectivity index (χ4n) is 2.46. The number of aryl methyl sites for hydroxylation is 1. The molecular formula is C18H16N2O2. The number of hydrogen-bond donors (Lipinski definition) is 0. The molecule has 1 aliphatic heterocycles. The van der Waals surface area contributed by atoms with E-state index in [-0.39, 0.29) is 11.8 Å². The number of carbonyl (C=O) groups is 2. The molecule has 0 unspecified atom stereocenters. The highest BCUT2D eigenvalue weighted by Crippen LogP contribution is 2.22. The third-order valence-corrected chi connectivity index (χ3v) is 3.66. The topological polar surface area (TPSA) is 49.7 Å². The smallest absolute Gasteiger partial charge is 0.267 e. The molecule has 0 radical (unpaired) electrons. The van der Waals surface area contributed by atoms with Crippen molar-refractivity contribution in [2.45, 2.75) is 19.8 Å². The molecule has 0 saturated carbocycles. The molecule has 1 heterocycles. The Morgan fingerprint density at radius 2 is 1.45 bits per heavy atom. The monoisotopic (exact) mass is 292 g/mol. The van der Waals surface area contributed by atoms with Gasteiger partial charge in [0, 0.05) is 5.71 Å². The molecular weight excluding hydrogens is 276 g/mol. The van der Waals surface area contributed by atoms with Crippen LogP contribution in [0.1, 0.15) is 39.6 Å². The number of rotatable bonds is 4. The molecule has 22 heavy (non-hydrogen) atoms. The Kier molecular flexibility index (Phi) is 3.83. The van der Waals surface area contributed by atoms with Gasteiger partial charge in [0.25, 0.3) is 11.8 Å². The van der Waals surface area contributed by atoms with Crippen molar-refractivity contribution < 1.29 is 9.59 Å². The van der Waals surface area contributed by atoms with E-state index in [0.29, 0.717) is 17.5 Å². The fourth-order valence-corrected chi connectivity index (χ4v) is 2.46. The van der Waals surface area contributed by atoms with E-state index in [1.807, 2.05) is 25.1 Å². The van der Waals surface area contributed by atoms with Gasteiger partial charge < -0.3 is 0 Å². The third-order valence-electron chi connectivity index (χ3n) is 3.66. The molecule has 4 nitrogen and oxygen atoms in total. The van der Waals surface area contributed by atoms with Gasteiger partial charge in [0.15, 0.2) is 0 Å². The van der Waals surface area contributed by atoms with Crippen molar-refractivity contribution in [1.29, 1.82) is 0 Å². The highest BCUT2D eigenvalue weighted by Gasteiger charge is 2.35. The van der Waals surface area contributed by atoms with Crippen LogP contribution in [0.4, 0.5) is 0 Å². The van der Waals surface area contributed by atoms with Crippen LogP contribution in [-0.2, 0) is 6.42 Å². The maximum Gasteiger partial charge on any atom is 0.282 e. The number of fused-ring (bicyclic) bond motifs is 1. The molecule has 0 aliphatic carbocycles. The minimum Gasteiger partial charge on any atom is -0.267 e. The van der Waals surface area contributed by atoms with Gasteiger partial charge in [-0.25, -0.2) is 0 Å². The van der Waals surface area contributed by atoms with Crippen molar-refractivity contribution in [3.05, 3.63) is 71.3 Å². The summed E-state index contributed by atoms with van der Waals surface area (Å²) in [5.74, 6) is -0.695. The van der Waals surface area contributed by atoms with Gasteiger partial charge in [-0.05, 0) is 37.5 Å². The van der Waals surface area contributed by atoms with E-state index >= 15 is 0 Å². The number of benzene rings is 2. The molecule has 2 aromatic carbocycles. The zero-order valence-electron chi connectivity index (χ0n) is 12.3. The van der Waals surface area contributed by atoms with Crippen LogP contribution in [-0.4, -0.2) is 22.5 Å². The van der Waals surface area contributed by atoms with Gasteiger partial charge in [0.05, 0.1) is 11.1 Å². The van der Waals surface area contributed by atoms with Crippen LogP contribution in [0.25, 0.3) is 0 Å². The van der Waals surface area contributed by atoms with Crippen LogP contribution >= 0.6 is 0 Å². The summed E-state index contributed by atoms with van der Waals surface area (Å²) in [7, 11) is 0. The molecule has 4 heteroatoms. The second-order valence-electron chi connectivity index (χ2n) is 5.29. The molecule has 0 saturated heterocycles. The fraction of sp³-hybridized carbons (Fsp3) is 0.167. The van der Waals surface area contributed by atoms with Crippen LogP contribution in [0, 0.1) is 0 Å². The largest absolute Gasteiger partial charge is 0.282 e. The van der Waals surface area contributed by atoms with Gasteiger partial charge in [-0.2, -0.15) is 10.1 Å². The zero-order valence-corrected chi connectivity index (χ0v) is 12.3. The first-order chi connectivity index (χ1) is 10.7. The zero-order chi connectivity index (χ0) is 15.5. The summed E-state index contributed by atoms with van der Waals surface area (Å²) in [6, 6.07) is 16.9. The van der Waals surface area contributed by atoms with Gasteiger partial charge in [-0.3, -0.25) is 9.59 Å². The van der Waals surface area contributed by atoms with Crippen LogP contribution in [0.15, 0.2) is 59.7 Å². The Balaban J connectivity index is 1.73. The first kappa shape index (κ1) is 14.2. The van der Waals surface area contributed by atoms with Crippen LogP contribution < -0.4 is 0 Å². The molecule has 0 atom stereocenters. The molecule has 0 bridgehead atoms. The highest BCUT2D eigenvalue weighted by atomic mass is 16.2. The van der Waals surface area contributed by atoms with Crippen LogP contribution in [0.2, 0.25) is 0 Å². The normalized spacial score (nSPS) is 14.4. The highest BCUT2D eigenvalue weighted by molar-refractivity contribution is 6.21. The Morgan fingerprint density at radius 3 is 2.05 bits per heavy atom. The number of carbonyl (C=O) groups excluding carboxylic acids is 2. The Morgan fingerprint density at radius 1 is 0.909 bits per heavy atom. The van der Waals surface area contributed by atoms with Crippen molar-refractivity contribution in [2.24, 2.45) is 5.10 Å². The van der Waals surface area contributed by atoms with E-state index in [9.17, 15) is 9.59 Å². The van der Waals surface area contributed by atoms with Gasteiger partial charge >= 0.3 is 0 Å². The molecule has 0 N–H and O–H groups in total. The average Bonchev–Trinajstić information content (AvgIpc) is 2.79. The van der Waals surface area contributed by atoms with E-state index in [2.05, 4.69) is 17.2 Å². The maximum absolute atomic E-state index is 12.2. The van der Waals surface area contributed by atoms with Gasteiger partial charge in [0.2, 0.25) is 0 Å². The quantitative estimate of drug-likeness (QED) is 0.641. The second kappa shape index (κ2) is 5.93. The lowest BCUT2D eigenvalue weighted by Crippen LogP contribution is -2.25. The second-order valence-corrected chi connectivity index (χ2v) is 5.29. The molecule has 0 aromatic heterocycles. The summed E-state index contributed by atoms with van der Waals surface area (Å²) in [5, 5.41) is 5.20. The molecule has 0 spiro atoms. The van der Waals surface area contributed by atoms with Gasteiger partial charge in [-0.1, -0.05) is 42.5 Å². The lowest BCUT2D eigenvalue weighted by Gasteiger charge is -2.09. The minimum atomic E-state index is -0.348. The van der Waals surface area contributed by atoms with Crippen LogP contribution in [0.5, 0.6) is 0 Å². The number of hydrazone groups is 1. The van der Waals surface area contributed by atoms with Crippen molar-refractivity contribution in [3.63, 3.8) is 0 Å². The Labute approximate surface area is 129 Å². The van der Waals surface area contributed by atoms with Gasteiger partial charge in [0.1, 0.15) is 0 Å². The van der Waals surface area contributed by atoms with Crippen molar-refractivity contribution >= 4 is 17.5 Å². The third kappa shape index (κ3) is 2.68. The first-order valence-electron chi connectivity index (χ1n) is 7.22. The summed E-state index contributed by atoms with van der Waals surface area (Å²) >= 11 is 0. The van der Waals surface area contributed by atoms with E-state index in [1.54, 1.807) is 24.3 Å². The van der Waals surface area contributed by atoms with Crippen molar-refractivity contribution in [2.75, 3.05) is 0 Å². The number of amides is 2. The molecule has 2 amide bonds. The first-order valence-corrected chi connectivity index (χ1v) is 7.22. The Hall–Kier alpha value is -2.75. The van der Waals surface area contributed by atoms with E-state index < -0.39 is 0 Å². The number of imide groups is 1. The predicted octanol–water partition coefficient (Wildman–Crippen LogP) is 3.29. The lowest BCUT2D eigenvalue weighted by molar-refractivity contribution is 0.0658. The standard InChI is InChI=1S/C18H16N2O2/c1-13(11-12-14-7-3-2-4-8-14)19-20-17(21)15-9-5-6-10-16(15)18(20)22/h2-10H,11-12H2,1H3/b19-13+. The molecule has 1 aliphatic rings. The predicted molar refractivity (Wildman–Crippen MR) is 84.8 cm³/mol. The van der Waals surface area contributed by atoms with E-state index in [0.717, 1.165) is 17.1 Å². The lowest BCUT2D eigenvalue weighted by atomic mass is 10.1.